The van der Waals surface area contributed by atoms with Crippen molar-refractivity contribution in [3.8, 4) is 0 Å². The number of carbonyl (C=O) groups excluding carboxylic acids is 1. The second kappa shape index (κ2) is 8.02. The monoisotopic (exact) mass is 297 g/mol. The molecule has 0 bridgehead atoms. The third-order valence-electron chi connectivity index (χ3n) is 3.29. The van der Waals surface area contributed by atoms with Crippen molar-refractivity contribution in [2.75, 3.05) is 19.6 Å². The summed E-state index contributed by atoms with van der Waals surface area (Å²) in [5, 5.41) is 9.55. The van der Waals surface area contributed by atoms with E-state index in [1.807, 2.05) is 13.8 Å². The number of carboxylic acid groups (broad SMARTS) is 1. The summed E-state index contributed by atoms with van der Waals surface area (Å²) >= 11 is 5.80. The summed E-state index contributed by atoms with van der Waals surface area (Å²) in [5.74, 6) is -1.63. The Hall–Kier alpha value is -1.39. The first kappa shape index (κ1) is 16.7. The summed E-state index contributed by atoms with van der Waals surface area (Å²) in [6.45, 7) is 6.03. The highest BCUT2D eigenvalue weighted by Crippen LogP contribution is 2.17. The SMILES string of the molecule is CCN(CC)CC(CC(=O)O)C(=O)c1ccc(Cl)cc1. The molecule has 0 heterocycles. The summed E-state index contributed by atoms with van der Waals surface area (Å²) in [6.07, 6.45) is -0.155. The highest BCUT2D eigenvalue weighted by Gasteiger charge is 2.24. The highest BCUT2D eigenvalue weighted by molar-refractivity contribution is 6.30. The number of nitrogens with zero attached hydrogens (tertiary/aromatic N) is 1. The second-order valence-corrected chi connectivity index (χ2v) is 5.09. The van der Waals surface area contributed by atoms with Crippen molar-refractivity contribution in [3.05, 3.63) is 34.9 Å². The lowest BCUT2D eigenvalue weighted by molar-refractivity contribution is -0.137. The van der Waals surface area contributed by atoms with E-state index in [2.05, 4.69) is 4.90 Å². The van der Waals surface area contributed by atoms with E-state index in [0.717, 1.165) is 13.1 Å². The van der Waals surface area contributed by atoms with Crippen molar-refractivity contribution in [2.45, 2.75) is 20.3 Å². The molecule has 0 aliphatic carbocycles. The van der Waals surface area contributed by atoms with E-state index in [-0.39, 0.29) is 12.2 Å². The molecule has 5 heteroatoms. The minimum atomic E-state index is -0.954. The van der Waals surface area contributed by atoms with Gasteiger partial charge in [0.25, 0.3) is 0 Å². The lowest BCUT2D eigenvalue weighted by Crippen LogP contribution is -2.34. The van der Waals surface area contributed by atoms with Crippen LogP contribution in [0.15, 0.2) is 24.3 Å². The van der Waals surface area contributed by atoms with Crippen LogP contribution in [0, 0.1) is 5.92 Å². The third-order valence-corrected chi connectivity index (χ3v) is 3.55. The first-order chi connectivity index (χ1) is 9.47. The fraction of sp³-hybridized carbons (Fsp3) is 0.467. The molecular formula is C15H20ClNO3. The quantitative estimate of drug-likeness (QED) is 0.750. The number of benzene rings is 1. The number of carboxylic acids is 1. The van der Waals surface area contributed by atoms with Crippen LogP contribution in [0.25, 0.3) is 0 Å². The normalized spacial score (nSPS) is 12.4. The molecule has 0 saturated heterocycles. The van der Waals surface area contributed by atoms with Gasteiger partial charge in [0, 0.05) is 23.0 Å². The van der Waals surface area contributed by atoms with Gasteiger partial charge in [0.05, 0.1) is 6.42 Å². The zero-order valence-electron chi connectivity index (χ0n) is 11.8. The van der Waals surface area contributed by atoms with Crippen molar-refractivity contribution < 1.29 is 14.7 Å². The van der Waals surface area contributed by atoms with Gasteiger partial charge in [-0.25, -0.2) is 0 Å². The summed E-state index contributed by atoms with van der Waals surface area (Å²) in [4.78, 5) is 25.4. The predicted molar refractivity (Wildman–Crippen MR) is 79.3 cm³/mol. The van der Waals surface area contributed by atoms with E-state index < -0.39 is 11.9 Å². The molecule has 1 aromatic carbocycles. The van der Waals surface area contributed by atoms with Crippen LogP contribution in [0.3, 0.4) is 0 Å². The molecule has 0 radical (unpaired) electrons. The standard InChI is InChI=1S/C15H20ClNO3/c1-3-17(4-2)10-12(9-14(18)19)15(20)11-5-7-13(16)8-6-11/h5-8,12H,3-4,9-10H2,1-2H3,(H,18,19). The van der Waals surface area contributed by atoms with E-state index in [0.29, 0.717) is 17.1 Å². The first-order valence-electron chi connectivity index (χ1n) is 6.71. The molecule has 1 aromatic rings. The Morgan fingerprint density at radius 3 is 2.20 bits per heavy atom. The number of aliphatic carboxylic acids is 1. The topological polar surface area (TPSA) is 57.6 Å². The molecule has 0 fully saturated rings. The third kappa shape index (κ3) is 4.94. The number of Topliss-reactive ketones (excluding diaryl/α,β-unsaturated/α-hetero) is 1. The highest BCUT2D eigenvalue weighted by atomic mass is 35.5. The second-order valence-electron chi connectivity index (χ2n) is 4.65. The number of rotatable bonds is 8. The van der Waals surface area contributed by atoms with Crippen LogP contribution < -0.4 is 0 Å². The van der Waals surface area contributed by atoms with Crippen LogP contribution >= 0.6 is 11.6 Å². The van der Waals surface area contributed by atoms with Gasteiger partial charge in [0.1, 0.15) is 0 Å². The van der Waals surface area contributed by atoms with Gasteiger partial charge in [0.15, 0.2) is 5.78 Å². The van der Waals surface area contributed by atoms with E-state index in [1.165, 1.54) is 0 Å². The molecule has 4 nitrogen and oxygen atoms in total. The number of carbonyl (C=O) groups is 2. The molecule has 1 rings (SSSR count). The number of ketones is 1. The molecule has 0 spiro atoms. The number of hydrogen-bond donors (Lipinski definition) is 1. The molecule has 0 aliphatic heterocycles. The molecule has 0 aliphatic rings. The predicted octanol–water partition coefficient (Wildman–Crippen LogP) is 2.96. The molecule has 0 amide bonds. The summed E-state index contributed by atoms with van der Waals surface area (Å²) in [6, 6.07) is 6.57. The maximum atomic E-state index is 12.4. The molecule has 0 saturated carbocycles. The Kier molecular flexibility index (Phi) is 6.68. The van der Waals surface area contributed by atoms with E-state index in [1.54, 1.807) is 24.3 Å². The maximum absolute atomic E-state index is 12.4. The number of halogens is 1. The van der Waals surface area contributed by atoms with Gasteiger partial charge in [0.2, 0.25) is 0 Å². The van der Waals surface area contributed by atoms with E-state index >= 15 is 0 Å². The largest absolute Gasteiger partial charge is 0.481 e. The minimum Gasteiger partial charge on any atom is -0.481 e. The van der Waals surface area contributed by atoms with Gasteiger partial charge in [-0.3, -0.25) is 9.59 Å². The Balaban J connectivity index is 2.88. The molecule has 20 heavy (non-hydrogen) atoms. The van der Waals surface area contributed by atoms with Gasteiger partial charge >= 0.3 is 5.97 Å². The Bertz CT molecular complexity index is 455. The van der Waals surface area contributed by atoms with Crippen molar-refractivity contribution in [2.24, 2.45) is 5.92 Å². The fourth-order valence-corrected chi connectivity index (χ4v) is 2.22. The van der Waals surface area contributed by atoms with Crippen LogP contribution in [-0.2, 0) is 4.79 Å². The average Bonchev–Trinajstić information content (AvgIpc) is 2.43. The van der Waals surface area contributed by atoms with Crippen LogP contribution in [0.1, 0.15) is 30.6 Å². The van der Waals surface area contributed by atoms with Gasteiger partial charge in [-0.05, 0) is 37.4 Å². The summed E-state index contributed by atoms with van der Waals surface area (Å²) < 4.78 is 0. The molecule has 110 valence electrons. The average molecular weight is 298 g/mol. The van der Waals surface area contributed by atoms with Gasteiger partial charge in [-0.15, -0.1) is 0 Å². The minimum absolute atomic E-state index is 0.143. The smallest absolute Gasteiger partial charge is 0.304 e. The van der Waals surface area contributed by atoms with Crippen LogP contribution in [0.4, 0.5) is 0 Å². The zero-order valence-corrected chi connectivity index (χ0v) is 12.6. The summed E-state index contributed by atoms with van der Waals surface area (Å²) in [5.41, 5.74) is 0.507. The van der Waals surface area contributed by atoms with Crippen LogP contribution in [-0.4, -0.2) is 41.4 Å². The molecule has 1 N–H and O–H groups in total. The molecule has 1 atom stereocenters. The lowest BCUT2D eigenvalue weighted by atomic mass is 9.94. The van der Waals surface area contributed by atoms with Gasteiger partial charge in [-0.2, -0.15) is 0 Å². The number of hydrogen-bond acceptors (Lipinski definition) is 3. The van der Waals surface area contributed by atoms with Gasteiger partial charge < -0.3 is 10.0 Å². The van der Waals surface area contributed by atoms with Gasteiger partial charge in [-0.1, -0.05) is 25.4 Å². The Morgan fingerprint density at radius 1 is 1.20 bits per heavy atom. The Labute approximate surface area is 124 Å². The van der Waals surface area contributed by atoms with Crippen LogP contribution in [0.2, 0.25) is 5.02 Å². The van der Waals surface area contributed by atoms with E-state index in [9.17, 15) is 9.59 Å². The van der Waals surface area contributed by atoms with E-state index in [4.69, 9.17) is 16.7 Å². The Morgan fingerprint density at radius 2 is 1.75 bits per heavy atom. The van der Waals surface area contributed by atoms with Crippen molar-refractivity contribution in [1.29, 1.82) is 0 Å². The molecule has 0 aromatic heterocycles. The zero-order chi connectivity index (χ0) is 15.1. The fourth-order valence-electron chi connectivity index (χ4n) is 2.09. The van der Waals surface area contributed by atoms with Crippen LogP contribution in [0.5, 0.6) is 0 Å². The maximum Gasteiger partial charge on any atom is 0.304 e. The lowest BCUT2D eigenvalue weighted by Gasteiger charge is -2.23. The summed E-state index contributed by atoms with van der Waals surface area (Å²) in [7, 11) is 0. The van der Waals surface area contributed by atoms with Crippen molar-refractivity contribution in [3.63, 3.8) is 0 Å². The van der Waals surface area contributed by atoms with Crippen molar-refractivity contribution >= 4 is 23.4 Å². The first-order valence-corrected chi connectivity index (χ1v) is 7.09. The molecular weight excluding hydrogens is 278 g/mol. The van der Waals surface area contributed by atoms with Crippen molar-refractivity contribution in [1.82, 2.24) is 4.90 Å². The molecule has 1 unspecified atom stereocenters.